The Morgan fingerprint density at radius 2 is 1.87 bits per heavy atom. The van der Waals surface area contributed by atoms with Crippen molar-refractivity contribution >= 4 is 0 Å². The summed E-state index contributed by atoms with van der Waals surface area (Å²) in [6, 6.07) is 0. The highest BCUT2D eigenvalue weighted by atomic mass is 16.5. The molecule has 0 amide bonds. The van der Waals surface area contributed by atoms with Gasteiger partial charge in [-0.05, 0) is 48.6 Å². The smallest absolute Gasteiger partial charge is 0.100 e. The van der Waals surface area contributed by atoms with Gasteiger partial charge < -0.3 is 4.74 Å². The van der Waals surface area contributed by atoms with E-state index in [2.05, 4.69) is 58.6 Å². The maximum absolute atomic E-state index is 6.04. The third kappa shape index (κ3) is 4.86. The van der Waals surface area contributed by atoms with E-state index in [0.717, 1.165) is 31.9 Å². The van der Waals surface area contributed by atoms with E-state index >= 15 is 0 Å². The van der Waals surface area contributed by atoms with E-state index in [-0.39, 0.29) is 10.8 Å². The van der Waals surface area contributed by atoms with E-state index < -0.39 is 0 Å². The Morgan fingerprint density at radius 3 is 2.43 bits per heavy atom. The van der Waals surface area contributed by atoms with Gasteiger partial charge in [0.05, 0.1) is 5.76 Å². The number of likely N-dealkylation sites (tertiary alicyclic amines) is 1. The minimum absolute atomic E-state index is 0.235. The molecule has 2 nitrogen and oxygen atoms in total. The van der Waals surface area contributed by atoms with Crippen molar-refractivity contribution in [2.24, 2.45) is 16.7 Å². The maximum atomic E-state index is 6.04. The topological polar surface area (TPSA) is 12.5 Å². The molecule has 0 spiro atoms. The average molecular weight is 320 g/mol. The van der Waals surface area contributed by atoms with Crippen LogP contribution in [-0.2, 0) is 4.74 Å². The quantitative estimate of drug-likeness (QED) is 0.671. The van der Waals surface area contributed by atoms with Crippen molar-refractivity contribution in [1.29, 1.82) is 0 Å². The van der Waals surface area contributed by atoms with Crippen LogP contribution in [0.4, 0.5) is 0 Å². The van der Waals surface area contributed by atoms with E-state index in [1.54, 1.807) is 5.57 Å². The lowest BCUT2D eigenvalue weighted by Crippen LogP contribution is -2.36. The van der Waals surface area contributed by atoms with Crippen LogP contribution in [0.2, 0.25) is 0 Å². The summed E-state index contributed by atoms with van der Waals surface area (Å²) in [5.74, 6) is 2.02. The highest BCUT2D eigenvalue weighted by Gasteiger charge is 2.36. The van der Waals surface area contributed by atoms with Crippen molar-refractivity contribution in [3.63, 3.8) is 0 Å². The molecule has 0 aromatic carbocycles. The molecule has 23 heavy (non-hydrogen) atoms. The summed E-state index contributed by atoms with van der Waals surface area (Å²) in [6.07, 6.45) is 9.45. The van der Waals surface area contributed by atoms with Crippen molar-refractivity contribution in [2.45, 2.75) is 67.2 Å². The van der Waals surface area contributed by atoms with Gasteiger partial charge in [-0.2, -0.15) is 0 Å². The molecule has 2 rings (SSSR count). The van der Waals surface area contributed by atoms with E-state index in [4.69, 9.17) is 4.74 Å². The Morgan fingerprint density at radius 1 is 1.13 bits per heavy atom. The fraction of sp³-hybridized carbons (Fsp3) is 0.810. The lowest BCUT2D eigenvalue weighted by molar-refractivity contribution is 0.119. The highest BCUT2D eigenvalue weighted by molar-refractivity contribution is 5.27. The molecule has 132 valence electrons. The molecule has 2 heteroatoms. The van der Waals surface area contributed by atoms with Gasteiger partial charge in [0, 0.05) is 19.5 Å². The minimum Gasteiger partial charge on any atom is -0.497 e. The molecule has 0 aromatic rings. The number of nitrogens with zero attached hydrogens (tertiary/aromatic N) is 1. The van der Waals surface area contributed by atoms with Crippen LogP contribution in [-0.4, -0.2) is 31.1 Å². The maximum Gasteiger partial charge on any atom is 0.100 e. The molecule has 1 saturated heterocycles. The highest BCUT2D eigenvalue weighted by Crippen LogP contribution is 2.46. The monoisotopic (exact) mass is 319 g/mol. The fourth-order valence-electron chi connectivity index (χ4n) is 3.54. The number of piperidine rings is 1. The Bertz CT molecular complexity index is 453. The van der Waals surface area contributed by atoms with Crippen molar-refractivity contribution in [2.75, 3.05) is 26.2 Å². The molecular weight excluding hydrogens is 282 g/mol. The number of hydrogen-bond donors (Lipinski definition) is 0. The van der Waals surface area contributed by atoms with Crippen molar-refractivity contribution in [3.8, 4) is 0 Å². The molecule has 0 aromatic heterocycles. The van der Waals surface area contributed by atoms with Crippen LogP contribution >= 0.6 is 0 Å². The van der Waals surface area contributed by atoms with Gasteiger partial charge in [0.15, 0.2) is 0 Å². The zero-order chi connectivity index (χ0) is 17.1. The standard InChI is InChI=1S/C21H37NO/c1-17-8-7-13-22(16-17)14-15-23-19-11-9-18(10-12-19)21(5,6)20(2,3)4/h9,11,17H,7-8,10,12-16H2,1-6H3. The van der Waals surface area contributed by atoms with Gasteiger partial charge in [-0.15, -0.1) is 0 Å². The van der Waals surface area contributed by atoms with Crippen LogP contribution in [0.3, 0.4) is 0 Å². The number of allylic oxidation sites excluding steroid dienone is 4. The summed E-state index contributed by atoms with van der Waals surface area (Å²) in [5.41, 5.74) is 2.08. The molecule has 1 heterocycles. The predicted octanol–water partition coefficient (Wildman–Crippen LogP) is 5.41. The lowest BCUT2D eigenvalue weighted by atomic mass is 9.63. The summed E-state index contributed by atoms with van der Waals surface area (Å²) >= 11 is 0. The molecular formula is C21H37NO. The summed E-state index contributed by atoms with van der Waals surface area (Å²) in [7, 11) is 0. The second-order valence-corrected chi connectivity index (χ2v) is 9.10. The van der Waals surface area contributed by atoms with Gasteiger partial charge in [0.2, 0.25) is 0 Å². The number of rotatable bonds is 5. The molecule has 0 bridgehead atoms. The van der Waals surface area contributed by atoms with Gasteiger partial charge in [0.1, 0.15) is 6.61 Å². The van der Waals surface area contributed by atoms with Crippen molar-refractivity contribution in [3.05, 3.63) is 23.5 Å². The second-order valence-electron chi connectivity index (χ2n) is 9.10. The third-order valence-electron chi connectivity index (χ3n) is 6.23. The lowest BCUT2D eigenvalue weighted by Gasteiger charge is -2.42. The molecule has 1 unspecified atom stereocenters. The van der Waals surface area contributed by atoms with Crippen LogP contribution in [0.5, 0.6) is 0 Å². The summed E-state index contributed by atoms with van der Waals surface area (Å²) in [6.45, 7) is 18.5. The van der Waals surface area contributed by atoms with Gasteiger partial charge in [-0.25, -0.2) is 0 Å². The van der Waals surface area contributed by atoms with Crippen LogP contribution in [0.1, 0.15) is 67.2 Å². The van der Waals surface area contributed by atoms with E-state index in [9.17, 15) is 0 Å². The van der Waals surface area contributed by atoms with Crippen molar-refractivity contribution in [1.82, 2.24) is 4.90 Å². The average Bonchev–Trinajstić information content (AvgIpc) is 2.47. The van der Waals surface area contributed by atoms with Gasteiger partial charge in [0.25, 0.3) is 0 Å². The van der Waals surface area contributed by atoms with E-state index in [1.165, 1.54) is 31.7 Å². The SMILES string of the molecule is CC1CCCN(CCOC2=CC=C(C(C)(C)C(C)(C)C)CC2)C1. The first-order valence-corrected chi connectivity index (χ1v) is 9.45. The zero-order valence-electron chi connectivity index (χ0n) is 16.2. The summed E-state index contributed by atoms with van der Waals surface area (Å²) in [5, 5.41) is 0. The predicted molar refractivity (Wildman–Crippen MR) is 99.4 cm³/mol. The Kier molecular flexibility index (Phi) is 5.99. The van der Waals surface area contributed by atoms with Crippen molar-refractivity contribution < 1.29 is 4.74 Å². The first kappa shape index (κ1) is 18.6. The molecule has 0 saturated carbocycles. The molecule has 2 aliphatic rings. The second kappa shape index (κ2) is 7.42. The Labute approximate surface area is 144 Å². The minimum atomic E-state index is 0.235. The molecule has 1 fully saturated rings. The Hall–Kier alpha value is -0.760. The normalized spacial score (nSPS) is 24.2. The molecule has 1 aliphatic heterocycles. The molecule has 1 aliphatic carbocycles. The van der Waals surface area contributed by atoms with Gasteiger partial charge >= 0.3 is 0 Å². The molecule has 1 atom stereocenters. The van der Waals surface area contributed by atoms with Crippen LogP contribution < -0.4 is 0 Å². The summed E-state index contributed by atoms with van der Waals surface area (Å²) < 4.78 is 6.04. The van der Waals surface area contributed by atoms with Gasteiger partial charge in [-0.1, -0.05) is 53.2 Å². The largest absolute Gasteiger partial charge is 0.497 e. The van der Waals surface area contributed by atoms with E-state index in [0.29, 0.717) is 0 Å². The van der Waals surface area contributed by atoms with Crippen LogP contribution in [0.25, 0.3) is 0 Å². The fourth-order valence-corrected chi connectivity index (χ4v) is 3.54. The third-order valence-corrected chi connectivity index (χ3v) is 6.23. The van der Waals surface area contributed by atoms with Crippen LogP contribution in [0, 0.1) is 16.7 Å². The van der Waals surface area contributed by atoms with Gasteiger partial charge in [-0.3, -0.25) is 4.90 Å². The first-order valence-electron chi connectivity index (χ1n) is 9.45. The zero-order valence-corrected chi connectivity index (χ0v) is 16.2. The summed E-state index contributed by atoms with van der Waals surface area (Å²) in [4.78, 5) is 2.56. The Balaban J connectivity index is 1.82. The number of ether oxygens (including phenoxy) is 1. The van der Waals surface area contributed by atoms with Crippen LogP contribution in [0.15, 0.2) is 23.5 Å². The first-order chi connectivity index (χ1) is 10.7. The molecule has 0 radical (unpaired) electrons. The molecule has 0 N–H and O–H groups in total. The number of hydrogen-bond acceptors (Lipinski definition) is 2. The van der Waals surface area contributed by atoms with E-state index in [1.807, 2.05) is 0 Å².